The maximum absolute atomic E-state index is 12.4. The van der Waals surface area contributed by atoms with Crippen LogP contribution in [0.3, 0.4) is 0 Å². The Bertz CT molecular complexity index is 698. The standard InChI is InChI=1S/C13H17N3O6/c17-11-14(2-1-8-5-20-8)12(18)16(4-10-7-22-10)13(19)15(11)3-9-6-21-9/h8-10H,1-7H2. The maximum Gasteiger partial charge on any atom is 0.336 e. The molecule has 3 unspecified atom stereocenters. The van der Waals surface area contributed by atoms with Gasteiger partial charge in [0.05, 0.1) is 51.2 Å². The van der Waals surface area contributed by atoms with Gasteiger partial charge in [-0.1, -0.05) is 0 Å². The lowest BCUT2D eigenvalue weighted by atomic mass is 10.3. The Hall–Kier alpha value is -1.71. The van der Waals surface area contributed by atoms with Gasteiger partial charge in [-0.25, -0.2) is 28.1 Å². The minimum atomic E-state index is -0.583. The molecule has 0 N–H and O–H groups in total. The van der Waals surface area contributed by atoms with Crippen LogP contribution in [0.5, 0.6) is 0 Å². The summed E-state index contributed by atoms with van der Waals surface area (Å²) in [5.74, 6) is 0. The molecule has 3 saturated heterocycles. The molecule has 3 aliphatic rings. The number of hydrogen-bond donors (Lipinski definition) is 0. The van der Waals surface area contributed by atoms with Gasteiger partial charge in [-0.3, -0.25) is 0 Å². The van der Waals surface area contributed by atoms with E-state index in [2.05, 4.69) is 0 Å². The van der Waals surface area contributed by atoms with E-state index in [9.17, 15) is 14.4 Å². The highest BCUT2D eigenvalue weighted by molar-refractivity contribution is 4.85. The Labute approximate surface area is 124 Å². The Morgan fingerprint density at radius 3 is 1.55 bits per heavy atom. The number of hydrogen-bond acceptors (Lipinski definition) is 6. The van der Waals surface area contributed by atoms with Crippen molar-refractivity contribution >= 4 is 0 Å². The monoisotopic (exact) mass is 311 g/mol. The molecule has 0 saturated carbocycles. The first kappa shape index (κ1) is 13.9. The molecule has 0 amide bonds. The van der Waals surface area contributed by atoms with E-state index in [-0.39, 0.29) is 37.9 Å². The Morgan fingerprint density at radius 2 is 1.14 bits per heavy atom. The van der Waals surface area contributed by atoms with E-state index in [1.54, 1.807) is 0 Å². The minimum Gasteiger partial charge on any atom is -0.373 e. The molecule has 0 aromatic carbocycles. The first-order valence-electron chi connectivity index (χ1n) is 7.43. The highest BCUT2D eigenvalue weighted by Crippen LogP contribution is 2.13. The van der Waals surface area contributed by atoms with Crippen LogP contribution in [0.2, 0.25) is 0 Å². The van der Waals surface area contributed by atoms with Crippen LogP contribution in [0.15, 0.2) is 14.4 Å². The highest BCUT2D eigenvalue weighted by atomic mass is 16.6. The van der Waals surface area contributed by atoms with Crippen molar-refractivity contribution < 1.29 is 14.2 Å². The van der Waals surface area contributed by atoms with Crippen molar-refractivity contribution in [1.29, 1.82) is 0 Å². The quantitative estimate of drug-likeness (QED) is 0.527. The lowest BCUT2D eigenvalue weighted by molar-refractivity contribution is 0.333. The zero-order chi connectivity index (χ0) is 15.3. The fourth-order valence-electron chi connectivity index (χ4n) is 2.45. The second kappa shape index (κ2) is 5.18. The molecule has 0 spiro atoms. The van der Waals surface area contributed by atoms with E-state index < -0.39 is 17.1 Å². The largest absolute Gasteiger partial charge is 0.373 e. The van der Waals surface area contributed by atoms with Crippen molar-refractivity contribution in [2.75, 3.05) is 19.8 Å². The van der Waals surface area contributed by atoms with E-state index in [0.29, 0.717) is 26.2 Å². The zero-order valence-corrected chi connectivity index (χ0v) is 12.0. The van der Waals surface area contributed by atoms with E-state index in [1.807, 2.05) is 0 Å². The van der Waals surface area contributed by atoms with Crippen molar-refractivity contribution in [3.8, 4) is 0 Å². The van der Waals surface area contributed by atoms with Crippen molar-refractivity contribution in [2.24, 2.45) is 0 Å². The van der Waals surface area contributed by atoms with Crippen LogP contribution in [0.25, 0.3) is 0 Å². The predicted octanol–water partition coefficient (Wildman–Crippen LogP) is -2.24. The molecule has 9 nitrogen and oxygen atoms in total. The molecular formula is C13H17N3O6. The highest BCUT2D eigenvalue weighted by Gasteiger charge is 2.30. The molecule has 4 heterocycles. The zero-order valence-electron chi connectivity index (χ0n) is 12.0. The van der Waals surface area contributed by atoms with Crippen LogP contribution in [-0.4, -0.2) is 51.8 Å². The van der Waals surface area contributed by atoms with Crippen LogP contribution in [-0.2, 0) is 33.8 Å². The third-order valence-electron chi connectivity index (χ3n) is 4.04. The van der Waals surface area contributed by atoms with Crippen LogP contribution >= 0.6 is 0 Å². The van der Waals surface area contributed by atoms with Crippen LogP contribution in [0.1, 0.15) is 6.42 Å². The van der Waals surface area contributed by atoms with Gasteiger partial charge >= 0.3 is 17.1 Å². The summed E-state index contributed by atoms with van der Waals surface area (Å²) >= 11 is 0. The minimum absolute atomic E-state index is 0.110. The fraction of sp³-hybridized carbons (Fsp3) is 0.769. The van der Waals surface area contributed by atoms with Crippen molar-refractivity contribution in [2.45, 2.75) is 44.4 Å². The lowest BCUT2D eigenvalue weighted by Crippen LogP contribution is -2.55. The van der Waals surface area contributed by atoms with E-state index in [0.717, 1.165) is 13.7 Å². The van der Waals surface area contributed by atoms with E-state index >= 15 is 0 Å². The SMILES string of the molecule is O=c1n(CCC2CO2)c(=O)n(CC2CO2)c(=O)n1CC1CO1. The first-order chi connectivity index (χ1) is 10.6. The summed E-state index contributed by atoms with van der Waals surface area (Å²) in [4.78, 5) is 37.3. The number of ether oxygens (including phenoxy) is 3. The molecule has 1 aromatic rings. The van der Waals surface area contributed by atoms with Crippen molar-refractivity contribution in [3.05, 3.63) is 31.5 Å². The topological polar surface area (TPSA) is 104 Å². The molecule has 9 heteroatoms. The van der Waals surface area contributed by atoms with Gasteiger partial charge in [-0.2, -0.15) is 0 Å². The normalized spacial score (nSPS) is 28.6. The summed E-state index contributed by atoms with van der Waals surface area (Å²) in [7, 11) is 0. The molecule has 22 heavy (non-hydrogen) atoms. The van der Waals surface area contributed by atoms with Crippen LogP contribution in [0, 0.1) is 0 Å². The van der Waals surface area contributed by atoms with E-state index in [1.165, 1.54) is 0 Å². The first-order valence-corrected chi connectivity index (χ1v) is 7.43. The average Bonchev–Trinajstić information content (AvgIpc) is 3.36. The summed E-state index contributed by atoms with van der Waals surface area (Å²) < 4.78 is 18.6. The Kier molecular flexibility index (Phi) is 3.28. The molecule has 1 aromatic heterocycles. The fourth-order valence-corrected chi connectivity index (χ4v) is 2.45. The van der Waals surface area contributed by atoms with Gasteiger partial charge in [0.25, 0.3) is 0 Å². The molecule has 3 atom stereocenters. The summed E-state index contributed by atoms with van der Waals surface area (Å²) in [6, 6.07) is 0. The van der Waals surface area contributed by atoms with Gasteiger partial charge < -0.3 is 14.2 Å². The Balaban J connectivity index is 1.74. The second-order valence-corrected chi connectivity index (χ2v) is 5.88. The summed E-state index contributed by atoms with van der Waals surface area (Å²) in [6.07, 6.45) is 0.467. The van der Waals surface area contributed by atoms with Crippen LogP contribution in [0.4, 0.5) is 0 Å². The molecule has 4 rings (SSSR count). The van der Waals surface area contributed by atoms with Gasteiger partial charge in [0, 0.05) is 6.54 Å². The molecular weight excluding hydrogens is 294 g/mol. The smallest absolute Gasteiger partial charge is 0.336 e. The molecule has 3 aliphatic heterocycles. The summed E-state index contributed by atoms with van der Waals surface area (Å²) in [6.45, 7) is 2.35. The third-order valence-corrected chi connectivity index (χ3v) is 4.04. The third kappa shape index (κ3) is 2.79. The Morgan fingerprint density at radius 1 is 0.727 bits per heavy atom. The van der Waals surface area contributed by atoms with Crippen molar-refractivity contribution in [1.82, 2.24) is 13.7 Å². The predicted molar refractivity (Wildman–Crippen MR) is 73.1 cm³/mol. The molecule has 3 fully saturated rings. The molecule has 0 bridgehead atoms. The maximum atomic E-state index is 12.4. The summed E-state index contributed by atoms with van der Waals surface area (Å²) in [5.41, 5.74) is -1.72. The number of nitrogens with zero attached hydrogens (tertiary/aromatic N) is 3. The second-order valence-electron chi connectivity index (χ2n) is 5.88. The number of epoxide rings is 3. The number of rotatable bonds is 7. The molecule has 0 aliphatic carbocycles. The van der Waals surface area contributed by atoms with Gasteiger partial charge in [0.15, 0.2) is 0 Å². The van der Waals surface area contributed by atoms with E-state index in [4.69, 9.17) is 14.2 Å². The van der Waals surface area contributed by atoms with Gasteiger partial charge in [0.1, 0.15) is 0 Å². The number of aromatic nitrogens is 3. The van der Waals surface area contributed by atoms with Gasteiger partial charge in [-0.05, 0) is 6.42 Å². The van der Waals surface area contributed by atoms with Crippen LogP contribution < -0.4 is 17.1 Å². The molecule has 120 valence electrons. The summed E-state index contributed by atoms with van der Waals surface area (Å²) in [5, 5.41) is 0. The lowest BCUT2D eigenvalue weighted by Gasteiger charge is -2.12. The van der Waals surface area contributed by atoms with Crippen molar-refractivity contribution in [3.63, 3.8) is 0 Å². The molecule has 0 radical (unpaired) electrons. The average molecular weight is 311 g/mol. The van der Waals surface area contributed by atoms with Gasteiger partial charge in [0.2, 0.25) is 0 Å². The van der Waals surface area contributed by atoms with Gasteiger partial charge in [-0.15, -0.1) is 0 Å².